The predicted molar refractivity (Wildman–Crippen MR) is 79.5 cm³/mol. The lowest BCUT2D eigenvalue weighted by molar-refractivity contribution is 0.304. The first-order valence-electron chi connectivity index (χ1n) is 6.06. The summed E-state index contributed by atoms with van der Waals surface area (Å²) >= 11 is 5.90. The van der Waals surface area contributed by atoms with Crippen LogP contribution in [0.4, 0.5) is 0 Å². The standard InChI is InChI=1S/C15H15ClN2O2/c1-10-7-13(16)5-6-14(10)20-9-11-3-2-4-12(8-11)15(17)18-19/h2-8,19H,9H2,1H3,(H2,17,18). The Morgan fingerprint density at radius 1 is 1.30 bits per heavy atom. The van der Waals surface area contributed by atoms with Crippen LogP contribution in [-0.4, -0.2) is 11.0 Å². The van der Waals surface area contributed by atoms with Gasteiger partial charge in [0.05, 0.1) is 0 Å². The first kappa shape index (κ1) is 14.2. The zero-order valence-electron chi connectivity index (χ0n) is 11.0. The molecule has 2 rings (SSSR count). The van der Waals surface area contributed by atoms with Gasteiger partial charge in [-0.25, -0.2) is 0 Å². The summed E-state index contributed by atoms with van der Waals surface area (Å²) in [6, 6.07) is 12.8. The monoisotopic (exact) mass is 290 g/mol. The van der Waals surface area contributed by atoms with Gasteiger partial charge in [-0.1, -0.05) is 35.0 Å². The molecule has 0 aromatic heterocycles. The molecular formula is C15H15ClN2O2. The molecule has 0 radical (unpaired) electrons. The van der Waals surface area contributed by atoms with Crippen molar-refractivity contribution in [3.8, 4) is 5.75 Å². The van der Waals surface area contributed by atoms with Gasteiger partial charge in [-0.05, 0) is 42.3 Å². The van der Waals surface area contributed by atoms with E-state index in [9.17, 15) is 0 Å². The van der Waals surface area contributed by atoms with Crippen LogP contribution < -0.4 is 10.5 Å². The van der Waals surface area contributed by atoms with Crippen LogP contribution >= 0.6 is 11.6 Å². The van der Waals surface area contributed by atoms with Gasteiger partial charge in [0.1, 0.15) is 12.4 Å². The smallest absolute Gasteiger partial charge is 0.170 e. The summed E-state index contributed by atoms with van der Waals surface area (Å²) in [4.78, 5) is 0. The molecular weight excluding hydrogens is 276 g/mol. The molecule has 5 heteroatoms. The summed E-state index contributed by atoms with van der Waals surface area (Å²) in [6.45, 7) is 2.34. The molecule has 0 bridgehead atoms. The Balaban J connectivity index is 2.11. The topological polar surface area (TPSA) is 67.8 Å². The molecule has 2 aromatic carbocycles. The largest absolute Gasteiger partial charge is 0.489 e. The maximum atomic E-state index is 8.67. The lowest BCUT2D eigenvalue weighted by atomic mass is 10.1. The van der Waals surface area contributed by atoms with Crippen molar-refractivity contribution in [1.82, 2.24) is 0 Å². The van der Waals surface area contributed by atoms with E-state index in [1.165, 1.54) is 0 Å². The Bertz CT molecular complexity index is 642. The van der Waals surface area contributed by atoms with Gasteiger partial charge >= 0.3 is 0 Å². The van der Waals surface area contributed by atoms with Gasteiger partial charge in [0.2, 0.25) is 0 Å². The van der Waals surface area contributed by atoms with E-state index in [2.05, 4.69) is 5.16 Å². The molecule has 0 aliphatic heterocycles. The second kappa shape index (κ2) is 6.30. The molecule has 0 amide bonds. The van der Waals surface area contributed by atoms with Crippen molar-refractivity contribution >= 4 is 17.4 Å². The number of amidine groups is 1. The lowest BCUT2D eigenvalue weighted by Crippen LogP contribution is -2.13. The average Bonchev–Trinajstić information content (AvgIpc) is 2.46. The van der Waals surface area contributed by atoms with Gasteiger partial charge in [-0.15, -0.1) is 0 Å². The highest BCUT2D eigenvalue weighted by molar-refractivity contribution is 6.30. The molecule has 2 aromatic rings. The fraction of sp³-hybridized carbons (Fsp3) is 0.133. The number of hydrogen-bond acceptors (Lipinski definition) is 3. The minimum absolute atomic E-state index is 0.0783. The summed E-state index contributed by atoms with van der Waals surface area (Å²) in [5.74, 6) is 0.859. The molecule has 3 N–H and O–H groups in total. The number of nitrogens with two attached hydrogens (primary N) is 1. The van der Waals surface area contributed by atoms with E-state index < -0.39 is 0 Å². The number of hydrogen-bond donors (Lipinski definition) is 2. The third-order valence-electron chi connectivity index (χ3n) is 2.86. The fourth-order valence-electron chi connectivity index (χ4n) is 1.81. The molecule has 0 aliphatic carbocycles. The van der Waals surface area contributed by atoms with Crippen LogP contribution in [0.15, 0.2) is 47.6 Å². The third kappa shape index (κ3) is 3.42. The molecule has 0 unspecified atom stereocenters. The molecule has 0 atom stereocenters. The number of nitrogens with zero attached hydrogens (tertiary/aromatic N) is 1. The maximum Gasteiger partial charge on any atom is 0.170 e. The van der Waals surface area contributed by atoms with E-state index >= 15 is 0 Å². The summed E-state index contributed by atoms with van der Waals surface area (Å²) in [6.07, 6.45) is 0. The van der Waals surface area contributed by atoms with Crippen LogP contribution in [0.25, 0.3) is 0 Å². The van der Waals surface area contributed by atoms with Gasteiger partial charge in [0.15, 0.2) is 5.84 Å². The van der Waals surface area contributed by atoms with Gasteiger partial charge in [-0.3, -0.25) is 0 Å². The number of oxime groups is 1. The van der Waals surface area contributed by atoms with E-state index in [-0.39, 0.29) is 5.84 Å². The van der Waals surface area contributed by atoms with E-state index in [0.717, 1.165) is 16.9 Å². The third-order valence-corrected chi connectivity index (χ3v) is 3.10. The highest BCUT2D eigenvalue weighted by atomic mass is 35.5. The van der Waals surface area contributed by atoms with Gasteiger partial charge in [0.25, 0.3) is 0 Å². The van der Waals surface area contributed by atoms with E-state index in [0.29, 0.717) is 17.2 Å². The average molecular weight is 291 g/mol. The predicted octanol–water partition coefficient (Wildman–Crippen LogP) is 3.32. The Morgan fingerprint density at radius 3 is 2.80 bits per heavy atom. The Labute approximate surface area is 122 Å². The van der Waals surface area contributed by atoms with Crippen molar-refractivity contribution in [2.24, 2.45) is 10.9 Å². The zero-order valence-corrected chi connectivity index (χ0v) is 11.8. The maximum absolute atomic E-state index is 8.67. The molecule has 0 aliphatic rings. The molecule has 4 nitrogen and oxygen atoms in total. The van der Waals surface area contributed by atoms with Crippen molar-refractivity contribution in [3.63, 3.8) is 0 Å². The number of ether oxygens (including phenoxy) is 1. The van der Waals surface area contributed by atoms with Crippen LogP contribution in [0.3, 0.4) is 0 Å². The number of aryl methyl sites for hydroxylation is 1. The highest BCUT2D eigenvalue weighted by Crippen LogP contribution is 2.22. The van der Waals surface area contributed by atoms with Crippen molar-refractivity contribution in [3.05, 3.63) is 64.2 Å². The number of halogens is 1. The molecule has 0 saturated carbocycles. The van der Waals surface area contributed by atoms with Crippen LogP contribution in [0, 0.1) is 6.92 Å². The van der Waals surface area contributed by atoms with E-state index in [1.807, 2.05) is 37.3 Å². The number of benzene rings is 2. The molecule has 20 heavy (non-hydrogen) atoms. The van der Waals surface area contributed by atoms with Crippen LogP contribution in [0.5, 0.6) is 5.75 Å². The lowest BCUT2D eigenvalue weighted by Gasteiger charge is -2.10. The molecule has 0 saturated heterocycles. The van der Waals surface area contributed by atoms with Gasteiger partial charge < -0.3 is 15.7 Å². The van der Waals surface area contributed by atoms with Crippen molar-refractivity contribution in [2.75, 3.05) is 0 Å². The van der Waals surface area contributed by atoms with E-state index in [4.69, 9.17) is 27.3 Å². The zero-order chi connectivity index (χ0) is 14.5. The van der Waals surface area contributed by atoms with Crippen LogP contribution in [0.2, 0.25) is 5.02 Å². The molecule has 0 fully saturated rings. The molecule has 0 spiro atoms. The molecule has 104 valence electrons. The highest BCUT2D eigenvalue weighted by Gasteiger charge is 2.03. The Morgan fingerprint density at radius 2 is 2.10 bits per heavy atom. The van der Waals surface area contributed by atoms with Crippen LogP contribution in [-0.2, 0) is 6.61 Å². The van der Waals surface area contributed by atoms with Gasteiger partial charge in [0, 0.05) is 10.6 Å². The minimum atomic E-state index is 0.0783. The van der Waals surface area contributed by atoms with Crippen molar-refractivity contribution in [2.45, 2.75) is 13.5 Å². The summed E-state index contributed by atoms with van der Waals surface area (Å²) in [5, 5.41) is 12.3. The van der Waals surface area contributed by atoms with Crippen LogP contribution in [0.1, 0.15) is 16.7 Å². The normalized spacial score (nSPS) is 11.4. The summed E-state index contributed by atoms with van der Waals surface area (Å²) in [7, 11) is 0. The second-order valence-corrected chi connectivity index (χ2v) is 4.82. The Kier molecular flexibility index (Phi) is 4.48. The Hall–Kier alpha value is -2.20. The fourth-order valence-corrected chi connectivity index (χ4v) is 2.04. The first-order chi connectivity index (χ1) is 9.60. The van der Waals surface area contributed by atoms with Crippen molar-refractivity contribution in [1.29, 1.82) is 0 Å². The SMILES string of the molecule is Cc1cc(Cl)ccc1OCc1cccc(/C(N)=N/O)c1. The molecule has 0 heterocycles. The summed E-state index contributed by atoms with van der Waals surface area (Å²) in [5.41, 5.74) is 8.12. The minimum Gasteiger partial charge on any atom is -0.489 e. The quantitative estimate of drug-likeness (QED) is 0.393. The van der Waals surface area contributed by atoms with E-state index in [1.54, 1.807) is 12.1 Å². The first-order valence-corrected chi connectivity index (χ1v) is 6.43. The summed E-state index contributed by atoms with van der Waals surface area (Å²) < 4.78 is 5.74. The number of rotatable bonds is 4. The second-order valence-electron chi connectivity index (χ2n) is 4.38. The van der Waals surface area contributed by atoms with Crippen molar-refractivity contribution < 1.29 is 9.94 Å². The van der Waals surface area contributed by atoms with Gasteiger partial charge in [-0.2, -0.15) is 0 Å².